The van der Waals surface area contributed by atoms with Gasteiger partial charge < -0.3 is 4.74 Å². The molecule has 0 aliphatic carbocycles. The molecule has 134 valence electrons. The number of benzene rings is 1. The number of aryl methyl sites for hydroxylation is 1. The minimum atomic E-state index is -0.250. The predicted molar refractivity (Wildman–Crippen MR) is 108 cm³/mol. The molecule has 3 heterocycles. The Bertz CT molecular complexity index is 1100. The van der Waals surface area contributed by atoms with E-state index >= 15 is 0 Å². The second kappa shape index (κ2) is 6.90. The van der Waals surface area contributed by atoms with E-state index in [0.29, 0.717) is 10.9 Å². The van der Waals surface area contributed by atoms with Crippen LogP contribution < -0.4 is 10.1 Å². The van der Waals surface area contributed by atoms with Crippen LogP contribution in [0.2, 0.25) is 0 Å². The fourth-order valence-electron chi connectivity index (χ4n) is 2.52. The molecule has 4 aromatic rings. The number of thiophene rings is 1. The van der Waals surface area contributed by atoms with Gasteiger partial charge in [-0.25, -0.2) is 4.98 Å². The van der Waals surface area contributed by atoms with Crippen molar-refractivity contribution in [3.8, 4) is 5.75 Å². The van der Waals surface area contributed by atoms with E-state index in [0.717, 1.165) is 30.3 Å². The number of aromatic nitrogens is 3. The topological polar surface area (TPSA) is 77.0 Å². The van der Waals surface area contributed by atoms with E-state index in [1.807, 2.05) is 38.3 Å². The number of carbonyl (C=O) groups excluding carboxylic acids is 1. The molecule has 0 saturated carbocycles. The molecular weight excluding hydrogens is 388 g/mol. The zero-order chi connectivity index (χ0) is 18.3. The Morgan fingerprint density at radius 2 is 2.15 bits per heavy atom. The smallest absolute Gasteiger partial charge is 0.264 e. The predicted octanol–water partition coefficient (Wildman–Crippen LogP) is 4.81. The molecular formula is C17H16N4O2S3. The maximum absolute atomic E-state index is 12.2. The van der Waals surface area contributed by atoms with E-state index in [1.165, 1.54) is 11.3 Å². The molecule has 0 aliphatic rings. The van der Waals surface area contributed by atoms with Gasteiger partial charge in [0, 0.05) is 17.4 Å². The van der Waals surface area contributed by atoms with Crippen LogP contribution in [0.25, 0.3) is 20.3 Å². The maximum atomic E-state index is 12.2. The fraction of sp³-hybridized carbons (Fsp3) is 0.294. The number of carbonyl (C=O) groups is 1. The molecule has 6 nitrogen and oxygen atoms in total. The summed E-state index contributed by atoms with van der Waals surface area (Å²) < 4.78 is 7.97. The molecule has 0 atom stereocenters. The summed E-state index contributed by atoms with van der Waals surface area (Å²) in [7, 11) is 0. The Morgan fingerprint density at radius 3 is 2.92 bits per heavy atom. The van der Waals surface area contributed by atoms with E-state index in [1.54, 1.807) is 22.7 Å². The lowest BCUT2D eigenvalue weighted by Gasteiger charge is -2.07. The lowest BCUT2D eigenvalue weighted by molar-refractivity contribution is -0.118. The van der Waals surface area contributed by atoms with Crippen molar-refractivity contribution < 1.29 is 9.53 Å². The highest BCUT2D eigenvalue weighted by Crippen LogP contribution is 2.38. The Morgan fingerprint density at radius 1 is 1.31 bits per heavy atom. The molecule has 1 aromatic carbocycles. The van der Waals surface area contributed by atoms with E-state index < -0.39 is 0 Å². The van der Waals surface area contributed by atoms with Crippen molar-refractivity contribution >= 4 is 65.4 Å². The monoisotopic (exact) mass is 404 g/mol. The fourth-order valence-corrected chi connectivity index (χ4v) is 5.12. The van der Waals surface area contributed by atoms with Gasteiger partial charge in [-0.2, -0.15) is 0 Å². The third-order valence-corrected chi connectivity index (χ3v) is 6.69. The molecule has 3 aromatic heterocycles. The van der Waals surface area contributed by atoms with Crippen LogP contribution in [-0.4, -0.2) is 27.7 Å². The Kier molecular flexibility index (Phi) is 4.60. The highest BCUT2D eigenvalue weighted by Gasteiger charge is 2.15. The second-order valence-electron chi connectivity index (χ2n) is 6.05. The summed E-state index contributed by atoms with van der Waals surface area (Å²) in [5.74, 6) is 0.740. The van der Waals surface area contributed by atoms with Crippen LogP contribution in [0, 0.1) is 6.92 Å². The molecule has 0 unspecified atom stereocenters. The third-order valence-electron chi connectivity index (χ3n) is 3.71. The molecule has 0 spiro atoms. The van der Waals surface area contributed by atoms with Crippen LogP contribution in [0.5, 0.6) is 5.75 Å². The standard InChI is InChI=1S/C17H16N4O2S3/c1-8(2)16-20-21-17(26-16)19-13(22)7-23-11-6-12-14(18-9(3)25-12)15-10(11)4-5-24-15/h4-6,8H,7H2,1-3H3,(H,19,21,22). The Hall–Kier alpha value is -2.10. The summed E-state index contributed by atoms with van der Waals surface area (Å²) in [4.78, 5) is 16.8. The highest BCUT2D eigenvalue weighted by molar-refractivity contribution is 7.21. The van der Waals surface area contributed by atoms with Crippen LogP contribution in [0.15, 0.2) is 17.5 Å². The van der Waals surface area contributed by atoms with Gasteiger partial charge in [-0.1, -0.05) is 25.2 Å². The van der Waals surface area contributed by atoms with Crippen molar-refractivity contribution in [2.24, 2.45) is 0 Å². The quantitative estimate of drug-likeness (QED) is 0.516. The first-order valence-corrected chi connectivity index (χ1v) is 10.6. The minimum Gasteiger partial charge on any atom is -0.483 e. The first-order valence-electron chi connectivity index (χ1n) is 8.04. The van der Waals surface area contributed by atoms with E-state index in [2.05, 4.69) is 20.5 Å². The number of ether oxygens (including phenoxy) is 1. The molecule has 0 bridgehead atoms. The van der Waals surface area contributed by atoms with E-state index in [9.17, 15) is 4.79 Å². The van der Waals surface area contributed by atoms with Crippen molar-refractivity contribution in [2.75, 3.05) is 11.9 Å². The van der Waals surface area contributed by atoms with Gasteiger partial charge in [0.1, 0.15) is 10.8 Å². The van der Waals surface area contributed by atoms with Gasteiger partial charge in [0.15, 0.2) is 6.61 Å². The minimum absolute atomic E-state index is 0.0785. The average molecular weight is 405 g/mol. The number of fused-ring (bicyclic) bond motifs is 3. The maximum Gasteiger partial charge on any atom is 0.264 e. The van der Waals surface area contributed by atoms with Crippen molar-refractivity contribution in [3.05, 3.63) is 27.5 Å². The Labute approximate surface area is 161 Å². The molecule has 0 saturated heterocycles. The number of thiazole rings is 1. The summed E-state index contributed by atoms with van der Waals surface area (Å²) in [5, 5.41) is 16.2. The SMILES string of the molecule is Cc1nc2c(cc(OCC(=O)Nc3nnc(C(C)C)s3)c3ccsc32)s1. The number of rotatable bonds is 5. The van der Waals surface area contributed by atoms with Crippen LogP contribution in [0.3, 0.4) is 0 Å². The van der Waals surface area contributed by atoms with Crippen LogP contribution in [0.1, 0.15) is 29.8 Å². The first kappa shape index (κ1) is 17.3. The van der Waals surface area contributed by atoms with E-state index in [-0.39, 0.29) is 18.4 Å². The highest BCUT2D eigenvalue weighted by atomic mass is 32.1. The lowest BCUT2D eigenvalue weighted by atomic mass is 10.2. The van der Waals surface area contributed by atoms with Crippen LogP contribution >= 0.6 is 34.0 Å². The lowest BCUT2D eigenvalue weighted by Crippen LogP contribution is -2.20. The third kappa shape index (κ3) is 3.29. The number of amides is 1. The molecule has 0 aliphatic heterocycles. The molecule has 9 heteroatoms. The molecule has 0 fully saturated rings. The average Bonchev–Trinajstić information content (AvgIpc) is 3.30. The number of nitrogens with zero attached hydrogens (tertiary/aromatic N) is 3. The summed E-state index contributed by atoms with van der Waals surface area (Å²) in [5.41, 5.74) is 1.00. The van der Waals surface area contributed by atoms with Gasteiger partial charge in [0.05, 0.1) is 19.9 Å². The van der Waals surface area contributed by atoms with Gasteiger partial charge in [-0.3, -0.25) is 10.1 Å². The summed E-state index contributed by atoms with van der Waals surface area (Å²) in [6, 6.07) is 3.96. The van der Waals surface area contributed by atoms with Crippen LogP contribution in [-0.2, 0) is 4.79 Å². The Balaban J connectivity index is 1.51. The van der Waals surface area contributed by atoms with Gasteiger partial charge in [0.25, 0.3) is 5.91 Å². The number of anilines is 1. The van der Waals surface area contributed by atoms with Crippen molar-refractivity contribution in [2.45, 2.75) is 26.7 Å². The van der Waals surface area contributed by atoms with Crippen molar-refractivity contribution in [1.82, 2.24) is 15.2 Å². The molecule has 4 rings (SSSR count). The summed E-state index contributed by atoms with van der Waals surface area (Å²) in [6.07, 6.45) is 0. The zero-order valence-corrected chi connectivity index (χ0v) is 16.8. The molecule has 1 amide bonds. The first-order chi connectivity index (χ1) is 12.5. The normalized spacial score (nSPS) is 11.5. The summed E-state index contributed by atoms with van der Waals surface area (Å²) >= 11 is 4.64. The van der Waals surface area contributed by atoms with Gasteiger partial charge in [-0.05, 0) is 18.4 Å². The second-order valence-corrected chi connectivity index (χ2v) is 9.21. The zero-order valence-electron chi connectivity index (χ0n) is 14.4. The van der Waals surface area contributed by atoms with Gasteiger partial charge in [0.2, 0.25) is 5.13 Å². The molecule has 26 heavy (non-hydrogen) atoms. The van der Waals surface area contributed by atoms with Gasteiger partial charge in [-0.15, -0.1) is 32.9 Å². The molecule has 0 radical (unpaired) electrons. The number of hydrogen-bond acceptors (Lipinski definition) is 8. The van der Waals surface area contributed by atoms with E-state index in [4.69, 9.17) is 4.74 Å². The van der Waals surface area contributed by atoms with Gasteiger partial charge >= 0.3 is 0 Å². The van der Waals surface area contributed by atoms with Crippen LogP contribution in [0.4, 0.5) is 5.13 Å². The summed E-state index contributed by atoms with van der Waals surface area (Å²) in [6.45, 7) is 5.99. The number of nitrogens with one attached hydrogen (secondary N) is 1. The molecule has 1 N–H and O–H groups in total. The largest absolute Gasteiger partial charge is 0.483 e. The number of hydrogen-bond donors (Lipinski definition) is 1. The van der Waals surface area contributed by atoms with Crippen molar-refractivity contribution in [3.63, 3.8) is 0 Å². The van der Waals surface area contributed by atoms with Crippen molar-refractivity contribution in [1.29, 1.82) is 0 Å².